The number of nitrogens with zero attached hydrogens (tertiary/aromatic N) is 1. The minimum atomic E-state index is -1.10. The number of likely N-dealkylation sites (N-methyl/N-ethyl adjacent to an activating group) is 1. The van der Waals surface area contributed by atoms with E-state index in [1.54, 1.807) is 12.1 Å². The van der Waals surface area contributed by atoms with Gasteiger partial charge in [0.05, 0.1) is 25.2 Å². The summed E-state index contributed by atoms with van der Waals surface area (Å²) in [5.74, 6) is -1.82. The lowest BCUT2D eigenvalue weighted by molar-refractivity contribution is -0.139. The number of carbonyl (C=O) groups excluding carboxylic acids is 4. The van der Waals surface area contributed by atoms with Gasteiger partial charge in [-0.3, -0.25) is 23.4 Å². The number of aromatic hydroxyl groups is 1. The van der Waals surface area contributed by atoms with Crippen LogP contribution in [0.15, 0.2) is 54.6 Å². The molecule has 2 rings (SSSR count). The molecule has 0 aromatic heterocycles. The van der Waals surface area contributed by atoms with Crippen LogP contribution in [-0.4, -0.2) is 99.3 Å². The standard InChI is InChI=1S/C29H41N5O7S/c1-19(32-28(39)24(30)15-21-9-11-23(36)12-10-21)27(38)31-17-26(37)34(2)25(16-20-7-5-4-6-8-20)29(40)33-22(18-35)13-14-42(3)41/h4-12,19,22,24-25,35-36H,13-18,30H2,1-3H3,(H,31,38)(H,32,39)(H,33,40)/t19-,22+,24+,25+,42+/m1/s1. The van der Waals surface area contributed by atoms with E-state index in [2.05, 4.69) is 16.0 Å². The Bertz CT molecular complexity index is 1210. The van der Waals surface area contributed by atoms with E-state index in [9.17, 15) is 33.6 Å². The molecule has 0 saturated heterocycles. The molecular formula is C29H41N5O7S. The smallest absolute Gasteiger partial charge is 0.243 e. The molecule has 0 aliphatic rings. The molecule has 7 N–H and O–H groups in total. The minimum absolute atomic E-state index is 0.0920. The summed E-state index contributed by atoms with van der Waals surface area (Å²) in [6.07, 6.45) is 2.22. The first kappa shape index (κ1) is 34.4. The number of aliphatic hydroxyl groups excluding tert-OH is 1. The molecule has 42 heavy (non-hydrogen) atoms. The predicted molar refractivity (Wildman–Crippen MR) is 160 cm³/mol. The van der Waals surface area contributed by atoms with Crippen LogP contribution in [0.25, 0.3) is 0 Å². The van der Waals surface area contributed by atoms with Crippen molar-refractivity contribution in [2.45, 2.75) is 50.4 Å². The zero-order valence-corrected chi connectivity index (χ0v) is 24.9. The Morgan fingerprint density at radius 2 is 1.55 bits per heavy atom. The molecule has 0 bridgehead atoms. The lowest BCUT2D eigenvalue weighted by Crippen LogP contribution is -2.55. The highest BCUT2D eigenvalue weighted by Gasteiger charge is 2.29. The summed E-state index contributed by atoms with van der Waals surface area (Å²) in [6.45, 7) is 0.682. The van der Waals surface area contributed by atoms with Crippen LogP contribution in [0.1, 0.15) is 24.5 Å². The number of phenolic OH excluding ortho intramolecular Hbond substituents is 1. The number of hydrogen-bond acceptors (Lipinski definition) is 8. The average Bonchev–Trinajstić information content (AvgIpc) is 2.97. The fourth-order valence-electron chi connectivity index (χ4n) is 4.04. The van der Waals surface area contributed by atoms with Gasteiger partial charge in [-0.05, 0) is 43.0 Å². The first-order valence-corrected chi connectivity index (χ1v) is 15.3. The van der Waals surface area contributed by atoms with Crippen molar-refractivity contribution in [2.75, 3.05) is 32.2 Å². The lowest BCUT2D eigenvalue weighted by atomic mass is 10.0. The van der Waals surface area contributed by atoms with Crippen LogP contribution < -0.4 is 21.7 Å². The van der Waals surface area contributed by atoms with Crippen molar-refractivity contribution in [3.05, 3.63) is 65.7 Å². The van der Waals surface area contributed by atoms with Gasteiger partial charge >= 0.3 is 0 Å². The normalized spacial score (nSPS) is 14.5. The van der Waals surface area contributed by atoms with Gasteiger partial charge in [-0.25, -0.2) is 0 Å². The summed E-state index contributed by atoms with van der Waals surface area (Å²) in [5, 5.41) is 26.8. The van der Waals surface area contributed by atoms with Crippen molar-refractivity contribution < 1.29 is 33.6 Å². The molecular weight excluding hydrogens is 562 g/mol. The molecule has 0 unspecified atom stereocenters. The topological polar surface area (TPSA) is 191 Å². The van der Waals surface area contributed by atoms with E-state index in [1.165, 1.54) is 37.3 Å². The minimum Gasteiger partial charge on any atom is -0.508 e. The first-order valence-electron chi connectivity index (χ1n) is 13.5. The molecule has 13 heteroatoms. The van der Waals surface area contributed by atoms with Crippen LogP contribution in [0.4, 0.5) is 0 Å². The van der Waals surface area contributed by atoms with Gasteiger partial charge in [-0.15, -0.1) is 0 Å². The monoisotopic (exact) mass is 603 g/mol. The highest BCUT2D eigenvalue weighted by Crippen LogP contribution is 2.12. The maximum absolute atomic E-state index is 13.2. The van der Waals surface area contributed by atoms with E-state index in [-0.39, 0.29) is 25.2 Å². The highest BCUT2D eigenvalue weighted by molar-refractivity contribution is 7.84. The molecule has 0 aliphatic carbocycles. The molecule has 230 valence electrons. The Morgan fingerprint density at radius 3 is 2.14 bits per heavy atom. The Morgan fingerprint density at radius 1 is 0.929 bits per heavy atom. The number of nitrogens with two attached hydrogens (primary N) is 1. The average molecular weight is 604 g/mol. The van der Waals surface area contributed by atoms with Crippen LogP contribution in [0, 0.1) is 0 Å². The molecule has 0 heterocycles. The number of nitrogens with one attached hydrogen (secondary N) is 3. The maximum atomic E-state index is 13.2. The summed E-state index contributed by atoms with van der Waals surface area (Å²) < 4.78 is 11.5. The van der Waals surface area contributed by atoms with Crippen molar-refractivity contribution in [2.24, 2.45) is 5.73 Å². The van der Waals surface area contributed by atoms with Gasteiger partial charge in [0, 0.05) is 36.3 Å². The summed E-state index contributed by atoms with van der Waals surface area (Å²) in [5.41, 5.74) is 7.50. The molecule has 0 aliphatic heterocycles. The molecule has 0 saturated carbocycles. The van der Waals surface area contributed by atoms with Crippen LogP contribution in [0.5, 0.6) is 5.75 Å². The third-order valence-electron chi connectivity index (χ3n) is 6.65. The SMILES string of the molecule is C[C@@H](NC(=O)[C@@H](N)Cc1ccc(O)cc1)C(=O)NCC(=O)N(C)[C@@H](Cc1ccccc1)C(=O)N[C@H](CO)CC[S@](C)=O. The van der Waals surface area contributed by atoms with Gasteiger partial charge in [-0.2, -0.15) is 0 Å². The number of aliphatic hydroxyl groups is 1. The van der Waals surface area contributed by atoms with Crippen molar-refractivity contribution in [1.82, 2.24) is 20.9 Å². The van der Waals surface area contributed by atoms with Crippen LogP contribution >= 0.6 is 0 Å². The molecule has 4 amide bonds. The zero-order valence-electron chi connectivity index (χ0n) is 24.1. The third-order valence-corrected chi connectivity index (χ3v) is 7.46. The molecule has 0 radical (unpaired) electrons. The summed E-state index contributed by atoms with van der Waals surface area (Å²) in [7, 11) is 0.351. The second-order valence-corrected chi connectivity index (χ2v) is 11.6. The Balaban J connectivity index is 1.98. The molecule has 2 aromatic carbocycles. The summed E-state index contributed by atoms with van der Waals surface area (Å²) in [6, 6.07) is 11.8. The van der Waals surface area contributed by atoms with Gasteiger partial charge < -0.3 is 36.8 Å². The fraction of sp³-hybridized carbons (Fsp3) is 0.448. The van der Waals surface area contributed by atoms with Crippen molar-refractivity contribution in [3.63, 3.8) is 0 Å². The van der Waals surface area contributed by atoms with Crippen molar-refractivity contribution in [3.8, 4) is 5.75 Å². The Kier molecular flexibility index (Phi) is 14.1. The van der Waals surface area contributed by atoms with Crippen molar-refractivity contribution >= 4 is 34.4 Å². The maximum Gasteiger partial charge on any atom is 0.243 e. The third kappa shape index (κ3) is 11.6. The van der Waals surface area contributed by atoms with E-state index < -0.39 is 65.1 Å². The summed E-state index contributed by atoms with van der Waals surface area (Å²) >= 11 is 0. The number of phenols is 1. The number of amides is 4. The fourth-order valence-corrected chi connectivity index (χ4v) is 4.65. The second kappa shape index (κ2) is 17.2. The van der Waals surface area contributed by atoms with Gasteiger partial charge in [0.15, 0.2) is 0 Å². The van der Waals surface area contributed by atoms with Crippen LogP contribution in [0.3, 0.4) is 0 Å². The first-order chi connectivity index (χ1) is 19.9. The summed E-state index contributed by atoms with van der Waals surface area (Å²) in [4.78, 5) is 52.6. The number of hydrogen-bond donors (Lipinski definition) is 6. The second-order valence-electron chi connectivity index (χ2n) is 10.1. The van der Waals surface area contributed by atoms with E-state index in [4.69, 9.17) is 5.73 Å². The van der Waals surface area contributed by atoms with E-state index in [0.717, 1.165) is 11.1 Å². The van der Waals surface area contributed by atoms with Crippen LogP contribution in [0.2, 0.25) is 0 Å². The lowest BCUT2D eigenvalue weighted by Gasteiger charge is -2.29. The molecule has 0 fully saturated rings. The molecule has 12 nitrogen and oxygen atoms in total. The highest BCUT2D eigenvalue weighted by atomic mass is 32.2. The largest absolute Gasteiger partial charge is 0.508 e. The molecule has 0 spiro atoms. The van der Waals surface area contributed by atoms with Gasteiger partial charge in [0.1, 0.15) is 17.8 Å². The van der Waals surface area contributed by atoms with Gasteiger partial charge in [0.25, 0.3) is 0 Å². The quantitative estimate of drug-likeness (QED) is 0.144. The molecule has 2 aromatic rings. The Hall–Kier alpha value is -3.81. The number of benzene rings is 2. The number of rotatable bonds is 16. The van der Waals surface area contributed by atoms with Crippen LogP contribution in [-0.2, 0) is 42.8 Å². The van der Waals surface area contributed by atoms with E-state index in [0.29, 0.717) is 12.2 Å². The Labute approximate surface area is 248 Å². The zero-order chi connectivity index (χ0) is 31.2. The van der Waals surface area contributed by atoms with Gasteiger partial charge in [-0.1, -0.05) is 42.5 Å². The number of carbonyl (C=O) groups is 4. The van der Waals surface area contributed by atoms with Crippen molar-refractivity contribution in [1.29, 1.82) is 0 Å². The van der Waals surface area contributed by atoms with E-state index in [1.807, 2.05) is 30.3 Å². The predicted octanol–water partition coefficient (Wildman–Crippen LogP) is -0.802. The van der Waals surface area contributed by atoms with E-state index >= 15 is 0 Å². The van der Waals surface area contributed by atoms with Gasteiger partial charge in [0.2, 0.25) is 23.6 Å². The molecule has 5 atom stereocenters.